The summed E-state index contributed by atoms with van der Waals surface area (Å²) in [5.74, 6) is 0.102. The summed E-state index contributed by atoms with van der Waals surface area (Å²) in [7, 11) is 0. The Morgan fingerprint density at radius 3 is 2.90 bits per heavy atom. The van der Waals surface area contributed by atoms with Gasteiger partial charge in [-0.15, -0.1) is 10.2 Å². The Kier molecular flexibility index (Phi) is 5.35. The van der Waals surface area contributed by atoms with Crippen LogP contribution in [0.3, 0.4) is 0 Å². The molecule has 1 aromatic heterocycles. The number of aromatic nitrogens is 3. The fraction of sp³-hybridized carbons (Fsp3) is 0.357. The van der Waals surface area contributed by atoms with Crippen LogP contribution >= 0.6 is 11.8 Å². The average molecular weight is 306 g/mol. The zero-order valence-electron chi connectivity index (χ0n) is 12.0. The summed E-state index contributed by atoms with van der Waals surface area (Å²) in [6.07, 6.45) is 1.66. The maximum atomic E-state index is 12.0. The number of carbonyl (C=O) groups excluding carboxylic acids is 1. The number of hydrogen-bond acceptors (Lipinski definition) is 5. The highest BCUT2D eigenvalue weighted by atomic mass is 32.2. The van der Waals surface area contributed by atoms with Gasteiger partial charge in [-0.25, -0.2) is 0 Å². The third-order valence-corrected chi connectivity index (χ3v) is 3.85. The van der Waals surface area contributed by atoms with Crippen molar-refractivity contribution in [3.8, 4) is 0 Å². The molecular formula is C14H18N4O2S. The molecule has 7 heteroatoms. The fourth-order valence-corrected chi connectivity index (χ4v) is 2.63. The van der Waals surface area contributed by atoms with Gasteiger partial charge in [0.25, 0.3) is 0 Å². The lowest BCUT2D eigenvalue weighted by molar-refractivity contribution is -0.113. The van der Waals surface area contributed by atoms with E-state index in [-0.39, 0.29) is 24.3 Å². The topological polar surface area (TPSA) is 80.0 Å². The third kappa shape index (κ3) is 4.05. The lowest BCUT2D eigenvalue weighted by Gasteiger charge is -2.10. The van der Waals surface area contributed by atoms with Gasteiger partial charge in [0.15, 0.2) is 5.16 Å². The molecule has 2 N–H and O–H groups in total. The summed E-state index contributed by atoms with van der Waals surface area (Å²) in [6, 6.07) is 7.43. The molecular weight excluding hydrogens is 288 g/mol. The van der Waals surface area contributed by atoms with Crippen molar-refractivity contribution in [3.05, 3.63) is 36.2 Å². The van der Waals surface area contributed by atoms with Gasteiger partial charge in [-0.05, 0) is 19.9 Å². The van der Waals surface area contributed by atoms with Crippen LogP contribution in [-0.2, 0) is 11.4 Å². The van der Waals surface area contributed by atoms with Gasteiger partial charge in [0.1, 0.15) is 6.33 Å². The Morgan fingerprint density at radius 2 is 2.19 bits per heavy atom. The highest BCUT2D eigenvalue weighted by Gasteiger charge is 2.11. The van der Waals surface area contributed by atoms with Crippen LogP contribution in [0.5, 0.6) is 0 Å². The minimum atomic E-state index is -0.140. The van der Waals surface area contributed by atoms with Gasteiger partial charge in [0.05, 0.1) is 12.4 Å². The second-order valence-electron chi connectivity index (χ2n) is 4.77. The number of benzene rings is 1. The molecule has 0 atom stereocenters. The standard InChI is InChI=1S/C14H18N4O2S/c1-10(2)18-9-15-17-14(18)21-8-13(20)16-12-6-4-3-5-11(12)7-19/h3-6,9-10,19H,7-8H2,1-2H3,(H,16,20). The fourth-order valence-electron chi connectivity index (χ4n) is 1.79. The third-order valence-electron chi connectivity index (χ3n) is 2.89. The monoisotopic (exact) mass is 306 g/mol. The molecule has 0 aliphatic heterocycles. The Morgan fingerprint density at radius 1 is 1.43 bits per heavy atom. The molecule has 0 saturated carbocycles. The van der Waals surface area contributed by atoms with E-state index in [0.29, 0.717) is 11.3 Å². The predicted molar refractivity (Wildman–Crippen MR) is 82.1 cm³/mol. The molecule has 1 amide bonds. The number of thioether (sulfide) groups is 1. The van der Waals surface area contributed by atoms with Crippen LogP contribution in [0.15, 0.2) is 35.7 Å². The van der Waals surface area contributed by atoms with Crippen molar-refractivity contribution in [1.29, 1.82) is 0 Å². The molecule has 0 bridgehead atoms. The SMILES string of the molecule is CC(C)n1cnnc1SCC(=O)Nc1ccccc1CO. The first kappa shape index (κ1) is 15.5. The number of anilines is 1. The van der Waals surface area contributed by atoms with E-state index >= 15 is 0 Å². The number of aliphatic hydroxyl groups is 1. The maximum absolute atomic E-state index is 12.0. The number of carbonyl (C=O) groups is 1. The molecule has 0 aliphatic carbocycles. The van der Waals surface area contributed by atoms with Crippen molar-refractivity contribution < 1.29 is 9.90 Å². The largest absolute Gasteiger partial charge is 0.392 e. The molecule has 0 spiro atoms. The van der Waals surface area contributed by atoms with E-state index in [1.165, 1.54) is 11.8 Å². The molecule has 112 valence electrons. The van der Waals surface area contributed by atoms with E-state index in [9.17, 15) is 9.90 Å². The van der Waals surface area contributed by atoms with Crippen molar-refractivity contribution in [3.63, 3.8) is 0 Å². The van der Waals surface area contributed by atoms with E-state index in [1.54, 1.807) is 18.5 Å². The van der Waals surface area contributed by atoms with Crippen molar-refractivity contribution in [2.24, 2.45) is 0 Å². The van der Waals surface area contributed by atoms with Crippen LogP contribution in [0.2, 0.25) is 0 Å². The van der Waals surface area contributed by atoms with Gasteiger partial charge < -0.3 is 15.0 Å². The first-order chi connectivity index (χ1) is 10.1. The van der Waals surface area contributed by atoms with E-state index in [1.807, 2.05) is 30.5 Å². The average Bonchev–Trinajstić information content (AvgIpc) is 2.94. The smallest absolute Gasteiger partial charge is 0.234 e. The molecule has 0 aliphatic rings. The number of nitrogens with zero attached hydrogens (tertiary/aromatic N) is 3. The summed E-state index contributed by atoms with van der Waals surface area (Å²) in [6.45, 7) is 3.96. The molecule has 0 fully saturated rings. The number of amides is 1. The minimum absolute atomic E-state index is 0.106. The number of rotatable bonds is 6. The molecule has 1 aromatic carbocycles. The van der Waals surface area contributed by atoms with Crippen LogP contribution in [0.25, 0.3) is 0 Å². The maximum Gasteiger partial charge on any atom is 0.234 e. The van der Waals surface area contributed by atoms with Crippen molar-refractivity contribution in [2.75, 3.05) is 11.1 Å². The van der Waals surface area contributed by atoms with Gasteiger partial charge in [-0.2, -0.15) is 0 Å². The highest BCUT2D eigenvalue weighted by molar-refractivity contribution is 7.99. The number of aliphatic hydroxyl groups excluding tert-OH is 1. The van der Waals surface area contributed by atoms with E-state index in [4.69, 9.17) is 0 Å². The molecule has 6 nitrogen and oxygen atoms in total. The van der Waals surface area contributed by atoms with Gasteiger partial charge in [-0.1, -0.05) is 30.0 Å². The van der Waals surface area contributed by atoms with Crippen LogP contribution in [0.4, 0.5) is 5.69 Å². The predicted octanol–water partition coefficient (Wildman–Crippen LogP) is 2.08. The Balaban J connectivity index is 1.95. The molecule has 2 rings (SSSR count). The lowest BCUT2D eigenvalue weighted by Crippen LogP contribution is -2.16. The first-order valence-corrected chi connectivity index (χ1v) is 7.61. The van der Waals surface area contributed by atoms with Crippen LogP contribution in [0, 0.1) is 0 Å². The molecule has 21 heavy (non-hydrogen) atoms. The number of hydrogen-bond donors (Lipinski definition) is 2. The van der Waals surface area contributed by atoms with Crippen molar-refractivity contribution in [1.82, 2.24) is 14.8 Å². The summed E-state index contributed by atoms with van der Waals surface area (Å²) >= 11 is 1.34. The second-order valence-corrected chi connectivity index (χ2v) is 5.71. The van der Waals surface area contributed by atoms with Crippen molar-refractivity contribution in [2.45, 2.75) is 31.7 Å². The zero-order valence-corrected chi connectivity index (χ0v) is 12.8. The van der Waals surface area contributed by atoms with Gasteiger partial charge in [0.2, 0.25) is 5.91 Å². The molecule has 0 unspecified atom stereocenters. The molecule has 0 saturated heterocycles. The summed E-state index contributed by atoms with van der Waals surface area (Å²) < 4.78 is 1.92. The normalized spacial score (nSPS) is 10.9. The van der Waals surface area contributed by atoms with Crippen LogP contribution < -0.4 is 5.32 Å². The number of nitrogens with one attached hydrogen (secondary N) is 1. The Labute approximate surface area is 127 Å². The quantitative estimate of drug-likeness (QED) is 0.799. The second kappa shape index (κ2) is 7.24. The van der Waals surface area contributed by atoms with Gasteiger partial charge in [-0.3, -0.25) is 4.79 Å². The van der Waals surface area contributed by atoms with E-state index < -0.39 is 0 Å². The molecule has 1 heterocycles. The molecule has 0 radical (unpaired) electrons. The minimum Gasteiger partial charge on any atom is -0.392 e. The van der Waals surface area contributed by atoms with E-state index in [0.717, 1.165) is 5.16 Å². The van der Waals surface area contributed by atoms with Gasteiger partial charge in [0, 0.05) is 17.3 Å². The Bertz CT molecular complexity index is 613. The lowest BCUT2D eigenvalue weighted by atomic mass is 10.2. The number of para-hydroxylation sites is 1. The highest BCUT2D eigenvalue weighted by Crippen LogP contribution is 2.20. The Hall–Kier alpha value is -1.86. The summed E-state index contributed by atoms with van der Waals surface area (Å²) in [5, 5.41) is 20.6. The summed E-state index contributed by atoms with van der Waals surface area (Å²) in [4.78, 5) is 12.0. The van der Waals surface area contributed by atoms with Gasteiger partial charge >= 0.3 is 0 Å². The zero-order chi connectivity index (χ0) is 15.2. The first-order valence-electron chi connectivity index (χ1n) is 6.62. The van der Waals surface area contributed by atoms with E-state index in [2.05, 4.69) is 15.5 Å². The van der Waals surface area contributed by atoms with Crippen LogP contribution in [-0.4, -0.2) is 31.5 Å². The van der Waals surface area contributed by atoms with Crippen molar-refractivity contribution >= 4 is 23.4 Å². The molecule has 2 aromatic rings. The summed E-state index contributed by atoms with van der Waals surface area (Å²) in [5.41, 5.74) is 1.33. The van der Waals surface area contributed by atoms with Crippen LogP contribution in [0.1, 0.15) is 25.5 Å².